The van der Waals surface area contributed by atoms with Gasteiger partial charge in [0.15, 0.2) is 0 Å². The number of pyridine rings is 1. The van der Waals surface area contributed by atoms with Gasteiger partial charge in [0, 0.05) is 24.1 Å². The predicted molar refractivity (Wildman–Crippen MR) is 81.5 cm³/mol. The molecule has 2 N–H and O–H groups in total. The molecule has 0 spiro atoms. The summed E-state index contributed by atoms with van der Waals surface area (Å²) in [6.45, 7) is 3.81. The maximum atomic E-state index is 12.5. The van der Waals surface area contributed by atoms with Crippen molar-refractivity contribution >= 4 is 17.3 Å². The number of halogens is 3. The SMILES string of the molecule is C=CCNC(=O)c1cc(Nc2ccc(C(F)(F)F)cc2)ccn1. The Hall–Kier alpha value is -2.83. The smallest absolute Gasteiger partial charge is 0.355 e. The first-order chi connectivity index (χ1) is 10.9. The summed E-state index contributed by atoms with van der Waals surface area (Å²) in [7, 11) is 0. The van der Waals surface area contributed by atoms with Crippen LogP contribution in [0.3, 0.4) is 0 Å². The van der Waals surface area contributed by atoms with Gasteiger partial charge in [-0.15, -0.1) is 6.58 Å². The lowest BCUT2D eigenvalue weighted by molar-refractivity contribution is -0.137. The first-order valence-corrected chi connectivity index (χ1v) is 6.69. The second kappa shape index (κ2) is 6.95. The zero-order chi connectivity index (χ0) is 16.9. The number of anilines is 2. The molecule has 23 heavy (non-hydrogen) atoms. The van der Waals surface area contributed by atoms with Gasteiger partial charge in [-0.3, -0.25) is 9.78 Å². The average Bonchev–Trinajstić information content (AvgIpc) is 2.52. The molecule has 0 radical (unpaired) electrons. The molecule has 4 nitrogen and oxygen atoms in total. The third-order valence-corrected chi connectivity index (χ3v) is 2.90. The molecule has 0 atom stereocenters. The quantitative estimate of drug-likeness (QED) is 0.825. The van der Waals surface area contributed by atoms with Crippen LogP contribution in [0.5, 0.6) is 0 Å². The molecule has 1 aromatic carbocycles. The highest BCUT2D eigenvalue weighted by Crippen LogP contribution is 2.30. The van der Waals surface area contributed by atoms with E-state index in [-0.39, 0.29) is 11.6 Å². The number of carbonyl (C=O) groups is 1. The molecule has 0 aliphatic rings. The van der Waals surface area contributed by atoms with Gasteiger partial charge >= 0.3 is 6.18 Å². The van der Waals surface area contributed by atoms with Gasteiger partial charge < -0.3 is 10.6 Å². The summed E-state index contributed by atoms with van der Waals surface area (Å²) in [4.78, 5) is 15.7. The van der Waals surface area contributed by atoms with Gasteiger partial charge in [0.1, 0.15) is 5.69 Å². The van der Waals surface area contributed by atoms with Gasteiger partial charge in [-0.2, -0.15) is 13.2 Å². The molecule has 1 heterocycles. The predicted octanol–water partition coefficient (Wildman–Crippen LogP) is 3.76. The Labute approximate surface area is 131 Å². The van der Waals surface area contributed by atoms with Crippen LogP contribution in [-0.4, -0.2) is 17.4 Å². The number of nitrogens with one attached hydrogen (secondary N) is 2. The highest BCUT2D eigenvalue weighted by molar-refractivity contribution is 5.93. The summed E-state index contributed by atoms with van der Waals surface area (Å²) >= 11 is 0. The Morgan fingerprint density at radius 2 is 1.87 bits per heavy atom. The number of aromatic nitrogens is 1. The van der Waals surface area contributed by atoms with Crippen LogP contribution in [0.1, 0.15) is 16.1 Å². The lowest BCUT2D eigenvalue weighted by atomic mass is 10.2. The fourth-order valence-corrected chi connectivity index (χ4v) is 1.80. The minimum Gasteiger partial charge on any atom is -0.355 e. The fourth-order valence-electron chi connectivity index (χ4n) is 1.80. The van der Waals surface area contributed by atoms with E-state index in [1.54, 1.807) is 12.1 Å². The molecule has 2 aromatic rings. The summed E-state index contributed by atoms with van der Waals surface area (Å²) in [5, 5.41) is 5.52. The Morgan fingerprint density at radius 3 is 2.48 bits per heavy atom. The van der Waals surface area contributed by atoms with Crippen molar-refractivity contribution < 1.29 is 18.0 Å². The maximum Gasteiger partial charge on any atom is 0.416 e. The molecular formula is C16H14F3N3O. The van der Waals surface area contributed by atoms with Gasteiger partial charge in [0.25, 0.3) is 5.91 Å². The molecule has 0 aliphatic heterocycles. The molecule has 0 saturated heterocycles. The number of rotatable bonds is 5. The number of hydrogen-bond donors (Lipinski definition) is 2. The number of nitrogens with zero attached hydrogens (tertiary/aromatic N) is 1. The van der Waals surface area contributed by atoms with E-state index < -0.39 is 11.7 Å². The first-order valence-electron chi connectivity index (χ1n) is 6.69. The number of hydrogen-bond acceptors (Lipinski definition) is 3. The summed E-state index contributed by atoms with van der Waals surface area (Å²) < 4.78 is 37.5. The third-order valence-electron chi connectivity index (χ3n) is 2.90. The highest BCUT2D eigenvalue weighted by atomic mass is 19.4. The highest BCUT2D eigenvalue weighted by Gasteiger charge is 2.29. The normalized spacial score (nSPS) is 10.9. The zero-order valence-electron chi connectivity index (χ0n) is 12.0. The van der Waals surface area contributed by atoms with Crippen LogP contribution in [0.4, 0.5) is 24.5 Å². The zero-order valence-corrected chi connectivity index (χ0v) is 12.0. The number of amides is 1. The van der Waals surface area contributed by atoms with E-state index in [4.69, 9.17) is 0 Å². The molecule has 0 aliphatic carbocycles. The second-order valence-electron chi connectivity index (χ2n) is 4.63. The number of alkyl halides is 3. The Balaban J connectivity index is 2.11. The molecule has 120 valence electrons. The van der Waals surface area contributed by atoms with Crippen LogP contribution in [0.2, 0.25) is 0 Å². The largest absolute Gasteiger partial charge is 0.416 e. The van der Waals surface area contributed by atoms with E-state index in [9.17, 15) is 18.0 Å². The molecule has 0 saturated carbocycles. The molecule has 0 unspecified atom stereocenters. The standard InChI is InChI=1S/C16H14F3N3O/c1-2-8-21-15(23)14-10-13(7-9-20-14)22-12-5-3-11(4-6-12)16(17,18)19/h2-7,9-10H,1,8H2,(H,20,22)(H,21,23). The van der Waals surface area contributed by atoms with Crippen molar-refractivity contribution in [1.29, 1.82) is 0 Å². The number of carbonyl (C=O) groups excluding carboxylic acids is 1. The summed E-state index contributed by atoms with van der Waals surface area (Å²) in [5.41, 5.74) is 0.496. The maximum absolute atomic E-state index is 12.5. The molecule has 1 aromatic heterocycles. The van der Waals surface area contributed by atoms with Crippen molar-refractivity contribution in [2.45, 2.75) is 6.18 Å². The van der Waals surface area contributed by atoms with E-state index >= 15 is 0 Å². The van der Waals surface area contributed by atoms with Crippen LogP contribution in [0.25, 0.3) is 0 Å². The van der Waals surface area contributed by atoms with Gasteiger partial charge in [0.2, 0.25) is 0 Å². The van der Waals surface area contributed by atoms with Gasteiger partial charge in [0.05, 0.1) is 5.56 Å². The molecule has 0 bridgehead atoms. The van der Waals surface area contributed by atoms with Crippen molar-refractivity contribution in [3.63, 3.8) is 0 Å². The fraction of sp³-hybridized carbons (Fsp3) is 0.125. The van der Waals surface area contributed by atoms with Crippen molar-refractivity contribution in [2.75, 3.05) is 11.9 Å². The minimum absolute atomic E-state index is 0.198. The van der Waals surface area contributed by atoms with Crippen LogP contribution in [0.15, 0.2) is 55.3 Å². The van der Waals surface area contributed by atoms with Crippen molar-refractivity contribution in [3.8, 4) is 0 Å². The summed E-state index contributed by atoms with van der Waals surface area (Å²) in [6, 6.07) is 7.74. The van der Waals surface area contributed by atoms with Crippen molar-refractivity contribution in [1.82, 2.24) is 10.3 Å². The van der Waals surface area contributed by atoms with E-state index in [0.717, 1.165) is 12.1 Å². The first kappa shape index (κ1) is 16.5. The van der Waals surface area contributed by atoms with Crippen molar-refractivity contribution in [2.24, 2.45) is 0 Å². The Kier molecular flexibility index (Phi) is 5.00. The Bertz CT molecular complexity index is 696. The monoisotopic (exact) mass is 321 g/mol. The average molecular weight is 321 g/mol. The topological polar surface area (TPSA) is 54.0 Å². The Morgan fingerprint density at radius 1 is 1.17 bits per heavy atom. The van der Waals surface area contributed by atoms with Gasteiger partial charge in [-0.1, -0.05) is 6.08 Å². The lowest BCUT2D eigenvalue weighted by Crippen LogP contribution is -2.24. The van der Waals surface area contributed by atoms with E-state index in [1.807, 2.05) is 0 Å². The minimum atomic E-state index is -4.37. The molecular weight excluding hydrogens is 307 g/mol. The lowest BCUT2D eigenvalue weighted by Gasteiger charge is -2.10. The van der Waals surface area contributed by atoms with Crippen LogP contribution in [0, 0.1) is 0 Å². The molecule has 7 heteroatoms. The third kappa shape index (κ3) is 4.57. The molecule has 1 amide bonds. The number of benzene rings is 1. The summed E-state index contributed by atoms with van der Waals surface area (Å²) in [6.07, 6.45) is -1.39. The van der Waals surface area contributed by atoms with E-state index in [0.29, 0.717) is 17.9 Å². The van der Waals surface area contributed by atoms with Crippen LogP contribution < -0.4 is 10.6 Å². The van der Waals surface area contributed by atoms with Crippen LogP contribution >= 0.6 is 0 Å². The van der Waals surface area contributed by atoms with Crippen molar-refractivity contribution in [3.05, 3.63) is 66.5 Å². The summed E-state index contributed by atoms with van der Waals surface area (Å²) in [5.74, 6) is -0.360. The molecule has 0 fully saturated rings. The van der Waals surface area contributed by atoms with Gasteiger partial charge in [-0.05, 0) is 36.4 Å². The van der Waals surface area contributed by atoms with Gasteiger partial charge in [-0.25, -0.2) is 0 Å². The van der Waals surface area contributed by atoms with E-state index in [2.05, 4.69) is 22.2 Å². The van der Waals surface area contributed by atoms with Crippen LogP contribution in [-0.2, 0) is 6.18 Å². The second-order valence-corrected chi connectivity index (χ2v) is 4.63. The molecule has 2 rings (SSSR count). The van der Waals surface area contributed by atoms with E-state index in [1.165, 1.54) is 24.4 Å².